The minimum Gasteiger partial charge on any atom is -0.369 e. The van der Waals surface area contributed by atoms with Crippen LogP contribution in [0.2, 0.25) is 0 Å². The molecule has 0 saturated heterocycles. The van der Waals surface area contributed by atoms with Gasteiger partial charge in [0.05, 0.1) is 6.34 Å². The molecule has 2 nitrogen and oxygen atoms in total. The largest absolute Gasteiger partial charge is 0.369 e. The molecule has 0 aliphatic heterocycles. The van der Waals surface area contributed by atoms with Crippen molar-refractivity contribution < 1.29 is 0 Å². The van der Waals surface area contributed by atoms with Gasteiger partial charge in [-0.25, -0.2) is 0 Å². The monoisotopic (exact) mass is 240 g/mol. The third-order valence-corrected chi connectivity index (χ3v) is 2.95. The van der Waals surface area contributed by atoms with E-state index in [0.29, 0.717) is 0 Å². The normalized spacial score (nSPS) is 11.2. The molecule has 0 aromatic rings. The second kappa shape index (κ2) is 13.5. The molecule has 0 N–H and O–H groups in total. The molecule has 0 aliphatic rings. The summed E-state index contributed by atoms with van der Waals surface area (Å²) in [6.07, 6.45) is 15.9. The first-order chi connectivity index (χ1) is 8.27. The summed E-state index contributed by atoms with van der Waals surface area (Å²) in [7, 11) is 4.03. The first-order valence-corrected chi connectivity index (χ1v) is 7.43. The molecule has 0 aromatic carbocycles. The molecule has 17 heavy (non-hydrogen) atoms. The van der Waals surface area contributed by atoms with Gasteiger partial charge in [-0.05, 0) is 6.42 Å². The van der Waals surface area contributed by atoms with Crippen LogP contribution in [0.25, 0.3) is 0 Å². The average molecular weight is 240 g/mol. The van der Waals surface area contributed by atoms with Crippen molar-refractivity contribution in [2.45, 2.75) is 71.1 Å². The van der Waals surface area contributed by atoms with E-state index in [0.717, 1.165) is 6.54 Å². The fraction of sp³-hybridized carbons (Fsp3) is 0.933. The minimum absolute atomic E-state index is 0.995. The molecular formula is C15H32N2. The maximum atomic E-state index is 4.34. The van der Waals surface area contributed by atoms with Crippen molar-refractivity contribution in [1.82, 2.24) is 4.90 Å². The number of hydrogen-bond acceptors (Lipinski definition) is 1. The van der Waals surface area contributed by atoms with Crippen LogP contribution in [-0.2, 0) is 0 Å². The quantitative estimate of drug-likeness (QED) is 0.279. The number of nitrogens with zero attached hydrogens (tertiary/aromatic N) is 2. The van der Waals surface area contributed by atoms with Crippen LogP contribution < -0.4 is 0 Å². The number of aliphatic imine (C=N–C) groups is 1. The highest BCUT2D eigenvalue weighted by atomic mass is 15.1. The van der Waals surface area contributed by atoms with Crippen molar-refractivity contribution in [3.05, 3.63) is 0 Å². The lowest BCUT2D eigenvalue weighted by molar-refractivity contribution is 0.557. The molecule has 0 saturated carbocycles. The van der Waals surface area contributed by atoms with Crippen LogP contribution in [0, 0.1) is 0 Å². The van der Waals surface area contributed by atoms with Crippen LogP contribution >= 0.6 is 0 Å². The fourth-order valence-electron chi connectivity index (χ4n) is 1.91. The lowest BCUT2D eigenvalue weighted by Crippen LogP contribution is -2.07. The Labute approximate surface area is 109 Å². The van der Waals surface area contributed by atoms with Gasteiger partial charge in [0.15, 0.2) is 0 Å². The van der Waals surface area contributed by atoms with E-state index < -0.39 is 0 Å². The van der Waals surface area contributed by atoms with Gasteiger partial charge in [0.2, 0.25) is 0 Å². The van der Waals surface area contributed by atoms with Gasteiger partial charge in [-0.3, -0.25) is 4.99 Å². The van der Waals surface area contributed by atoms with Crippen molar-refractivity contribution in [1.29, 1.82) is 0 Å². The Morgan fingerprint density at radius 1 is 0.765 bits per heavy atom. The van der Waals surface area contributed by atoms with Crippen LogP contribution in [-0.4, -0.2) is 31.9 Å². The molecule has 0 atom stereocenters. The van der Waals surface area contributed by atoms with Crippen molar-refractivity contribution in [3.63, 3.8) is 0 Å². The van der Waals surface area contributed by atoms with E-state index >= 15 is 0 Å². The molecule has 0 aromatic heterocycles. The topological polar surface area (TPSA) is 15.6 Å². The lowest BCUT2D eigenvalue weighted by atomic mass is 10.1. The van der Waals surface area contributed by atoms with Crippen LogP contribution in [0.3, 0.4) is 0 Å². The highest BCUT2D eigenvalue weighted by Crippen LogP contribution is 2.10. The van der Waals surface area contributed by atoms with Gasteiger partial charge in [0.1, 0.15) is 0 Å². The van der Waals surface area contributed by atoms with Gasteiger partial charge in [-0.2, -0.15) is 0 Å². The van der Waals surface area contributed by atoms with Gasteiger partial charge in [-0.1, -0.05) is 64.7 Å². The van der Waals surface area contributed by atoms with E-state index in [1.165, 1.54) is 64.2 Å². The highest BCUT2D eigenvalue weighted by molar-refractivity contribution is 5.53. The Balaban J connectivity index is 2.99. The summed E-state index contributed by atoms with van der Waals surface area (Å²) < 4.78 is 0. The second-order valence-corrected chi connectivity index (χ2v) is 5.17. The summed E-state index contributed by atoms with van der Waals surface area (Å²) in [4.78, 5) is 6.34. The third-order valence-electron chi connectivity index (χ3n) is 2.95. The van der Waals surface area contributed by atoms with E-state index in [4.69, 9.17) is 0 Å². The van der Waals surface area contributed by atoms with Crippen LogP contribution in [0.5, 0.6) is 0 Å². The number of unbranched alkanes of at least 4 members (excludes halogenated alkanes) is 9. The zero-order valence-electron chi connectivity index (χ0n) is 12.2. The maximum Gasteiger partial charge on any atom is 0.0844 e. The maximum absolute atomic E-state index is 4.34. The SMILES string of the molecule is CCCCCCCCCCCCN=CN(C)C. The summed E-state index contributed by atoms with van der Waals surface area (Å²) in [6, 6.07) is 0. The van der Waals surface area contributed by atoms with Crippen molar-refractivity contribution in [2.24, 2.45) is 4.99 Å². The van der Waals surface area contributed by atoms with E-state index in [2.05, 4.69) is 11.9 Å². The molecule has 0 rings (SSSR count). The predicted octanol–water partition coefficient (Wildman–Crippen LogP) is 4.50. The summed E-state index contributed by atoms with van der Waals surface area (Å²) in [6.45, 7) is 3.27. The lowest BCUT2D eigenvalue weighted by Gasteiger charge is -2.03. The van der Waals surface area contributed by atoms with Crippen molar-refractivity contribution >= 4 is 6.34 Å². The van der Waals surface area contributed by atoms with Crippen LogP contribution in [0.15, 0.2) is 4.99 Å². The summed E-state index contributed by atoms with van der Waals surface area (Å²) >= 11 is 0. The summed E-state index contributed by atoms with van der Waals surface area (Å²) in [5.41, 5.74) is 0. The standard InChI is InChI=1S/C15H32N2/c1-4-5-6-7-8-9-10-11-12-13-14-16-15-17(2)3/h15H,4-14H2,1-3H3. The molecule has 0 bridgehead atoms. The van der Waals surface area contributed by atoms with Crippen LogP contribution in [0.4, 0.5) is 0 Å². The second-order valence-electron chi connectivity index (χ2n) is 5.17. The van der Waals surface area contributed by atoms with Gasteiger partial charge >= 0.3 is 0 Å². The smallest absolute Gasteiger partial charge is 0.0844 e. The van der Waals surface area contributed by atoms with Crippen LogP contribution in [0.1, 0.15) is 71.1 Å². The fourth-order valence-corrected chi connectivity index (χ4v) is 1.91. The molecule has 0 radical (unpaired) electrons. The summed E-state index contributed by atoms with van der Waals surface area (Å²) in [5, 5.41) is 0. The third kappa shape index (κ3) is 15.5. The number of rotatable bonds is 12. The van der Waals surface area contributed by atoms with E-state index in [1.54, 1.807) is 0 Å². The molecule has 102 valence electrons. The average Bonchev–Trinajstić information content (AvgIpc) is 2.30. The predicted molar refractivity (Wildman–Crippen MR) is 78.9 cm³/mol. The van der Waals surface area contributed by atoms with Gasteiger partial charge in [-0.15, -0.1) is 0 Å². The zero-order chi connectivity index (χ0) is 12.8. The van der Waals surface area contributed by atoms with E-state index in [-0.39, 0.29) is 0 Å². The molecule has 2 heteroatoms. The minimum atomic E-state index is 0.995. The Morgan fingerprint density at radius 3 is 1.71 bits per heavy atom. The molecular weight excluding hydrogens is 208 g/mol. The summed E-state index contributed by atoms with van der Waals surface area (Å²) in [5.74, 6) is 0. The van der Waals surface area contributed by atoms with E-state index in [9.17, 15) is 0 Å². The molecule has 0 unspecified atom stereocenters. The van der Waals surface area contributed by atoms with Gasteiger partial charge in [0.25, 0.3) is 0 Å². The first-order valence-electron chi connectivity index (χ1n) is 7.43. The zero-order valence-corrected chi connectivity index (χ0v) is 12.2. The molecule has 0 spiro atoms. The Hall–Kier alpha value is -0.530. The highest BCUT2D eigenvalue weighted by Gasteiger charge is 1.91. The Kier molecular flexibility index (Phi) is 13.1. The van der Waals surface area contributed by atoms with Crippen molar-refractivity contribution in [3.8, 4) is 0 Å². The molecule has 0 heterocycles. The Morgan fingerprint density at radius 2 is 1.24 bits per heavy atom. The van der Waals surface area contributed by atoms with Crippen molar-refractivity contribution in [2.75, 3.05) is 20.6 Å². The van der Waals surface area contributed by atoms with Gasteiger partial charge in [0, 0.05) is 20.6 Å². The number of hydrogen-bond donors (Lipinski definition) is 0. The molecule has 0 fully saturated rings. The first kappa shape index (κ1) is 16.5. The molecule has 0 aliphatic carbocycles. The Bertz CT molecular complexity index is 164. The molecule has 0 amide bonds. The van der Waals surface area contributed by atoms with E-state index in [1.807, 2.05) is 25.3 Å². The van der Waals surface area contributed by atoms with Gasteiger partial charge < -0.3 is 4.90 Å².